The molecule has 0 saturated heterocycles. The van der Waals surface area contributed by atoms with Gasteiger partial charge >= 0.3 is 12.4 Å². The normalized spacial score (nSPS) is 12.5. The van der Waals surface area contributed by atoms with Crippen LogP contribution in [0, 0.1) is 0 Å². The third-order valence-corrected chi connectivity index (χ3v) is 4.79. The molecule has 0 saturated carbocycles. The van der Waals surface area contributed by atoms with Crippen molar-refractivity contribution in [1.82, 2.24) is 9.97 Å². The highest BCUT2D eigenvalue weighted by atomic mass is 19.4. The number of nitrogen functional groups attached to an aromatic ring is 2. The average Bonchev–Trinajstić information content (AvgIpc) is 2.73. The highest BCUT2D eigenvalue weighted by Crippen LogP contribution is 2.52. The summed E-state index contributed by atoms with van der Waals surface area (Å²) in [7, 11) is 0. The number of nitrogens with two attached hydrogens (primary N) is 2. The third-order valence-electron chi connectivity index (χ3n) is 4.79. The number of rotatable bonds is 1. The van der Waals surface area contributed by atoms with Gasteiger partial charge in [-0.15, -0.1) is 0 Å². The second-order valence-corrected chi connectivity index (χ2v) is 6.77. The summed E-state index contributed by atoms with van der Waals surface area (Å²) in [6, 6.07) is 10.4. The lowest BCUT2D eigenvalue weighted by Crippen LogP contribution is -2.54. The van der Waals surface area contributed by atoms with Crippen molar-refractivity contribution in [1.29, 1.82) is 0 Å². The summed E-state index contributed by atoms with van der Waals surface area (Å²) >= 11 is 0. The monoisotopic (exact) mass is 454 g/mol. The van der Waals surface area contributed by atoms with E-state index in [9.17, 15) is 31.4 Å². The molecule has 11 heteroatoms. The van der Waals surface area contributed by atoms with Gasteiger partial charge in [-0.1, -0.05) is 24.3 Å². The number of fused-ring (bicyclic) bond motifs is 2. The Morgan fingerprint density at radius 1 is 0.688 bits per heavy atom. The van der Waals surface area contributed by atoms with E-state index >= 15 is 0 Å². The average molecular weight is 454 g/mol. The summed E-state index contributed by atoms with van der Waals surface area (Å²) in [4.78, 5) is 7.68. The summed E-state index contributed by atoms with van der Waals surface area (Å²) in [5.74, 6) is 0. The molecule has 32 heavy (non-hydrogen) atoms. The van der Waals surface area contributed by atoms with Gasteiger partial charge in [0.15, 0.2) is 0 Å². The molecule has 2 aromatic heterocycles. The van der Waals surface area contributed by atoms with Gasteiger partial charge < -0.3 is 16.6 Å². The Morgan fingerprint density at radius 3 is 1.75 bits per heavy atom. The van der Waals surface area contributed by atoms with Crippen LogP contribution in [-0.2, 0) is 5.60 Å². The van der Waals surface area contributed by atoms with Gasteiger partial charge in [0.25, 0.3) is 5.60 Å². The molecule has 0 atom stereocenters. The lowest BCUT2D eigenvalue weighted by atomic mass is 9.89. The van der Waals surface area contributed by atoms with Gasteiger partial charge in [-0.25, -0.2) is 0 Å². The van der Waals surface area contributed by atoms with Crippen molar-refractivity contribution >= 4 is 32.9 Å². The van der Waals surface area contributed by atoms with Crippen molar-refractivity contribution in [3.63, 3.8) is 0 Å². The highest BCUT2D eigenvalue weighted by molar-refractivity contribution is 5.94. The highest BCUT2D eigenvalue weighted by Gasteiger charge is 2.72. The molecule has 5 nitrogen and oxygen atoms in total. The summed E-state index contributed by atoms with van der Waals surface area (Å²) < 4.78 is 77.0. The first-order chi connectivity index (χ1) is 14.9. The zero-order valence-electron chi connectivity index (χ0n) is 16.1. The number of pyridine rings is 2. The number of alkyl halides is 6. The Morgan fingerprint density at radius 2 is 1.22 bits per heavy atom. The summed E-state index contributed by atoms with van der Waals surface area (Å²) in [6.07, 6.45) is -5.98. The minimum absolute atomic E-state index is 0.0607. The first-order valence-electron chi connectivity index (χ1n) is 8.94. The van der Waals surface area contributed by atoms with Gasteiger partial charge in [-0.3, -0.25) is 9.97 Å². The minimum atomic E-state index is -5.97. The molecule has 5 N–H and O–H groups in total. The van der Waals surface area contributed by atoms with Crippen LogP contribution in [0.4, 0.5) is 37.7 Å². The van der Waals surface area contributed by atoms with E-state index in [1.54, 1.807) is 6.20 Å². The van der Waals surface area contributed by atoms with Crippen LogP contribution in [0.25, 0.3) is 21.5 Å². The van der Waals surface area contributed by atoms with E-state index in [2.05, 4.69) is 9.97 Å². The molecule has 0 aliphatic rings. The van der Waals surface area contributed by atoms with Gasteiger partial charge in [0.2, 0.25) is 0 Å². The molecule has 0 radical (unpaired) electrons. The van der Waals surface area contributed by atoms with Crippen LogP contribution in [0.1, 0.15) is 5.56 Å². The number of hydrogen-bond donors (Lipinski definition) is 3. The molecular formula is C21H16F6N4O. The molecule has 0 amide bonds. The predicted molar refractivity (Wildman–Crippen MR) is 108 cm³/mol. The number of anilines is 2. The Hall–Kier alpha value is -3.60. The maximum absolute atomic E-state index is 12.8. The van der Waals surface area contributed by atoms with E-state index < -0.39 is 29.2 Å². The van der Waals surface area contributed by atoms with Crippen molar-refractivity contribution in [2.75, 3.05) is 11.5 Å². The number of hydrogen-bond acceptors (Lipinski definition) is 5. The first kappa shape index (κ1) is 23.1. The number of aromatic nitrogens is 2. The van der Waals surface area contributed by atoms with Crippen molar-refractivity contribution in [3.05, 3.63) is 72.8 Å². The van der Waals surface area contributed by atoms with E-state index in [0.717, 1.165) is 22.5 Å². The molecule has 4 aromatic rings. The smallest absolute Gasteiger partial charge is 0.398 e. The minimum Gasteiger partial charge on any atom is -0.398 e. The molecule has 4 rings (SSSR count). The molecule has 2 aromatic carbocycles. The molecule has 0 aliphatic heterocycles. The zero-order chi connectivity index (χ0) is 23.7. The number of nitrogens with zero attached hydrogens (tertiary/aromatic N) is 2. The second-order valence-electron chi connectivity index (χ2n) is 6.77. The molecular weight excluding hydrogens is 438 g/mol. The Bertz CT molecular complexity index is 1240. The van der Waals surface area contributed by atoms with Gasteiger partial charge in [0.1, 0.15) is 0 Å². The summed E-state index contributed by atoms with van der Waals surface area (Å²) in [6.45, 7) is 0. The molecule has 0 aliphatic carbocycles. The quantitative estimate of drug-likeness (QED) is 0.279. The van der Waals surface area contributed by atoms with E-state index in [1.165, 1.54) is 18.5 Å². The van der Waals surface area contributed by atoms with Crippen molar-refractivity contribution in [3.8, 4) is 0 Å². The fraction of sp³-hybridized carbons (Fsp3) is 0.143. The molecule has 2 heterocycles. The fourth-order valence-electron chi connectivity index (χ4n) is 3.12. The standard InChI is InChI=1S/C12H8F6N2O.C9H8N2/c13-11(14,15)10(21,12(16,17)18)8-2-1-6-5-20-4-3-7(6)9(8)19;10-9-3-1-2-7-6-11-5-4-8(7)9/h1-5,21H,19H2;1-6H,10H2. The van der Waals surface area contributed by atoms with Gasteiger partial charge in [-0.05, 0) is 18.2 Å². The van der Waals surface area contributed by atoms with Gasteiger partial charge in [-0.2, -0.15) is 26.3 Å². The molecule has 0 fully saturated rings. The van der Waals surface area contributed by atoms with Crippen LogP contribution in [0.15, 0.2) is 67.3 Å². The third kappa shape index (κ3) is 3.98. The molecule has 0 unspecified atom stereocenters. The van der Waals surface area contributed by atoms with Crippen LogP contribution in [0.5, 0.6) is 0 Å². The second kappa shape index (κ2) is 8.15. The number of aliphatic hydroxyl groups is 1. The summed E-state index contributed by atoms with van der Waals surface area (Å²) in [5, 5.41) is 11.7. The largest absolute Gasteiger partial charge is 0.430 e. The van der Waals surface area contributed by atoms with E-state index in [0.29, 0.717) is 6.07 Å². The first-order valence-corrected chi connectivity index (χ1v) is 8.94. The Labute approximate surface area is 177 Å². The van der Waals surface area contributed by atoms with Crippen molar-refractivity contribution in [2.45, 2.75) is 18.0 Å². The molecule has 0 spiro atoms. The van der Waals surface area contributed by atoms with E-state index in [4.69, 9.17) is 11.5 Å². The fourth-order valence-corrected chi connectivity index (χ4v) is 3.12. The lowest BCUT2D eigenvalue weighted by molar-refractivity contribution is -0.375. The van der Waals surface area contributed by atoms with Gasteiger partial charge in [0.05, 0.1) is 0 Å². The van der Waals surface area contributed by atoms with Gasteiger partial charge in [0, 0.05) is 63.3 Å². The van der Waals surface area contributed by atoms with Crippen molar-refractivity contribution < 1.29 is 31.4 Å². The maximum atomic E-state index is 12.8. The predicted octanol–water partition coefficient (Wildman–Crippen LogP) is 4.95. The van der Waals surface area contributed by atoms with Crippen LogP contribution in [0.3, 0.4) is 0 Å². The van der Waals surface area contributed by atoms with Crippen LogP contribution in [0.2, 0.25) is 0 Å². The zero-order valence-corrected chi connectivity index (χ0v) is 16.1. The van der Waals surface area contributed by atoms with E-state index in [-0.39, 0.29) is 10.8 Å². The number of halogens is 6. The molecule has 168 valence electrons. The Kier molecular flexibility index (Phi) is 5.88. The topological polar surface area (TPSA) is 98.0 Å². The van der Waals surface area contributed by atoms with E-state index in [1.807, 2.05) is 30.5 Å². The molecule has 0 bridgehead atoms. The van der Waals surface area contributed by atoms with Crippen molar-refractivity contribution in [2.24, 2.45) is 0 Å². The number of benzene rings is 2. The lowest BCUT2D eigenvalue weighted by Gasteiger charge is -2.33. The summed E-state index contributed by atoms with van der Waals surface area (Å²) in [5.41, 5.74) is 4.65. The maximum Gasteiger partial charge on any atom is 0.430 e. The van der Waals surface area contributed by atoms with Crippen LogP contribution >= 0.6 is 0 Å². The SMILES string of the molecule is Nc1c(C(O)(C(F)(F)F)C(F)(F)F)ccc2cnccc12.Nc1cccc2cnccc12. The van der Waals surface area contributed by atoms with Crippen LogP contribution in [-0.4, -0.2) is 27.4 Å². The Balaban J connectivity index is 0.000000219. The van der Waals surface area contributed by atoms with Crippen LogP contribution < -0.4 is 11.5 Å².